The third-order valence-corrected chi connectivity index (χ3v) is 5.69. The molecule has 29 heavy (non-hydrogen) atoms. The molecular weight excluding hydrogens is 397 g/mol. The van der Waals surface area contributed by atoms with Gasteiger partial charge in [-0.25, -0.2) is 4.39 Å². The average Bonchev–Trinajstić information content (AvgIpc) is 3.17. The second-order valence-electron chi connectivity index (χ2n) is 6.94. The smallest absolute Gasteiger partial charge is 0.309 e. The number of amides is 3. The van der Waals surface area contributed by atoms with Crippen LogP contribution in [-0.4, -0.2) is 51.8 Å². The Morgan fingerprint density at radius 3 is 2.41 bits per heavy atom. The predicted molar refractivity (Wildman–Crippen MR) is 105 cm³/mol. The Bertz CT molecular complexity index is 878. The van der Waals surface area contributed by atoms with Crippen LogP contribution in [0.3, 0.4) is 0 Å². The molecule has 0 radical (unpaired) electrons. The summed E-state index contributed by atoms with van der Waals surface area (Å²) in [6.45, 7) is 3.48. The van der Waals surface area contributed by atoms with E-state index < -0.39 is 11.8 Å². The lowest BCUT2D eigenvalue weighted by atomic mass is 9.96. The van der Waals surface area contributed by atoms with Crippen LogP contribution in [0.25, 0.3) is 0 Å². The number of aryl methyl sites for hydroxylation is 1. The van der Waals surface area contributed by atoms with Gasteiger partial charge in [0.25, 0.3) is 5.91 Å². The van der Waals surface area contributed by atoms with Gasteiger partial charge in [-0.2, -0.15) is 0 Å². The minimum absolute atomic E-state index is 0.0554. The Balaban J connectivity index is 1.37. The van der Waals surface area contributed by atoms with Gasteiger partial charge in [0.15, 0.2) is 0 Å². The molecule has 154 valence electrons. The van der Waals surface area contributed by atoms with Crippen molar-refractivity contribution in [1.82, 2.24) is 25.1 Å². The summed E-state index contributed by atoms with van der Waals surface area (Å²) in [6, 6.07) is 5.69. The minimum Gasteiger partial charge on any atom is -0.348 e. The van der Waals surface area contributed by atoms with E-state index >= 15 is 0 Å². The van der Waals surface area contributed by atoms with Crippen molar-refractivity contribution in [3.05, 3.63) is 46.2 Å². The second kappa shape index (κ2) is 9.55. The van der Waals surface area contributed by atoms with Gasteiger partial charge in [-0.05, 0) is 54.9 Å². The van der Waals surface area contributed by atoms with E-state index in [0.717, 1.165) is 24.4 Å². The van der Waals surface area contributed by atoms with Crippen LogP contribution in [0.15, 0.2) is 24.3 Å². The molecule has 2 heterocycles. The van der Waals surface area contributed by atoms with Crippen molar-refractivity contribution in [3.63, 3.8) is 0 Å². The molecule has 2 aromatic rings. The number of benzene rings is 1. The summed E-state index contributed by atoms with van der Waals surface area (Å²) in [5.74, 6) is -1.63. The van der Waals surface area contributed by atoms with Crippen LogP contribution in [0.4, 0.5) is 4.39 Å². The third kappa shape index (κ3) is 5.57. The highest BCUT2D eigenvalue weighted by Crippen LogP contribution is 2.20. The monoisotopic (exact) mass is 419 g/mol. The van der Waals surface area contributed by atoms with Crippen molar-refractivity contribution in [2.24, 2.45) is 5.92 Å². The summed E-state index contributed by atoms with van der Waals surface area (Å²) >= 11 is 1.10. The minimum atomic E-state index is -0.727. The molecule has 1 aromatic heterocycles. The number of nitrogens with zero attached hydrogens (tertiary/aromatic N) is 3. The van der Waals surface area contributed by atoms with Gasteiger partial charge in [-0.3, -0.25) is 14.4 Å². The zero-order valence-corrected chi connectivity index (χ0v) is 16.8. The Hall–Kier alpha value is -2.88. The topological polar surface area (TPSA) is 104 Å². The highest BCUT2D eigenvalue weighted by Gasteiger charge is 2.26. The molecule has 3 amide bonds. The highest BCUT2D eigenvalue weighted by atomic mass is 32.1. The van der Waals surface area contributed by atoms with Crippen molar-refractivity contribution in [3.8, 4) is 0 Å². The van der Waals surface area contributed by atoms with Gasteiger partial charge in [-0.15, -0.1) is 5.10 Å². The number of hydrogen-bond donors (Lipinski definition) is 2. The van der Waals surface area contributed by atoms with Gasteiger partial charge in [0.05, 0.1) is 5.69 Å². The average molecular weight is 419 g/mol. The molecule has 10 heteroatoms. The van der Waals surface area contributed by atoms with Crippen LogP contribution in [0.5, 0.6) is 0 Å². The number of carbonyl (C=O) groups excluding carboxylic acids is 3. The molecule has 2 N–H and O–H groups in total. The molecule has 0 bridgehead atoms. The van der Waals surface area contributed by atoms with Crippen LogP contribution in [0.2, 0.25) is 0 Å². The zero-order chi connectivity index (χ0) is 20.8. The lowest BCUT2D eigenvalue weighted by molar-refractivity contribution is -0.139. The first kappa shape index (κ1) is 20.8. The fraction of sp³-hybridized carbons (Fsp3) is 0.421. The molecule has 1 aliphatic rings. The number of likely N-dealkylation sites (tertiary alicyclic amines) is 1. The van der Waals surface area contributed by atoms with Crippen LogP contribution in [0.1, 0.15) is 33.8 Å². The Morgan fingerprint density at radius 2 is 1.79 bits per heavy atom. The number of rotatable bonds is 5. The lowest BCUT2D eigenvalue weighted by Gasteiger charge is -2.31. The number of hydrogen-bond acceptors (Lipinski definition) is 6. The number of nitrogens with one attached hydrogen (secondary N) is 2. The van der Waals surface area contributed by atoms with Crippen molar-refractivity contribution < 1.29 is 18.8 Å². The van der Waals surface area contributed by atoms with Crippen LogP contribution in [0, 0.1) is 18.7 Å². The molecule has 0 unspecified atom stereocenters. The molecule has 1 aliphatic heterocycles. The van der Waals surface area contributed by atoms with Gasteiger partial charge in [0.2, 0.25) is 0 Å². The normalized spacial score (nSPS) is 14.5. The van der Waals surface area contributed by atoms with E-state index in [2.05, 4.69) is 20.2 Å². The van der Waals surface area contributed by atoms with Crippen molar-refractivity contribution in [1.29, 1.82) is 0 Å². The van der Waals surface area contributed by atoms with E-state index in [-0.39, 0.29) is 24.2 Å². The van der Waals surface area contributed by atoms with Gasteiger partial charge < -0.3 is 15.5 Å². The maximum absolute atomic E-state index is 12.9. The van der Waals surface area contributed by atoms with Crippen molar-refractivity contribution >= 4 is 29.3 Å². The number of piperidine rings is 1. The first-order valence-corrected chi connectivity index (χ1v) is 10.1. The van der Waals surface area contributed by atoms with E-state index in [1.807, 2.05) is 0 Å². The summed E-state index contributed by atoms with van der Waals surface area (Å²) in [6.07, 6.45) is 1.49. The zero-order valence-electron chi connectivity index (χ0n) is 16.0. The third-order valence-electron chi connectivity index (χ3n) is 4.87. The fourth-order valence-corrected chi connectivity index (χ4v) is 3.72. The SMILES string of the molecule is Cc1nnsc1C(=O)N1CCC(CNC(=O)C(=O)NCc2ccc(F)cc2)CC1. The standard InChI is InChI=1S/C19H22FN5O3S/c1-12-16(29-24-23-12)19(28)25-8-6-14(7-9-25)11-22-18(27)17(26)21-10-13-2-4-15(20)5-3-13/h2-5,14H,6-11H2,1H3,(H,21,26)(H,22,27). The molecule has 8 nitrogen and oxygen atoms in total. The summed E-state index contributed by atoms with van der Waals surface area (Å²) in [7, 11) is 0. The van der Waals surface area contributed by atoms with Crippen LogP contribution < -0.4 is 10.6 Å². The lowest BCUT2D eigenvalue weighted by Crippen LogP contribution is -2.44. The number of carbonyl (C=O) groups is 3. The van der Waals surface area contributed by atoms with E-state index in [0.29, 0.717) is 35.8 Å². The molecule has 1 fully saturated rings. The Labute approximate surface area is 171 Å². The first-order chi connectivity index (χ1) is 13.9. The molecule has 0 spiro atoms. The first-order valence-electron chi connectivity index (χ1n) is 9.32. The van der Waals surface area contributed by atoms with E-state index in [9.17, 15) is 18.8 Å². The van der Waals surface area contributed by atoms with Crippen molar-refractivity contribution in [2.75, 3.05) is 19.6 Å². The highest BCUT2D eigenvalue weighted by molar-refractivity contribution is 7.07. The summed E-state index contributed by atoms with van der Waals surface area (Å²) < 4.78 is 16.7. The Kier molecular flexibility index (Phi) is 6.86. The second-order valence-corrected chi connectivity index (χ2v) is 7.70. The van der Waals surface area contributed by atoms with E-state index in [1.54, 1.807) is 24.0 Å². The number of halogens is 1. The van der Waals surface area contributed by atoms with Gasteiger partial charge in [0, 0.05) is 26.2 Å². The predicted octanol–water partition coefficient (Wildman–Crippen LogP) is 1.27. The largest absolute Gasteiger partial charge is 0.348 e. The van der Waals surface area contributed by atoms with Crippen LogP contribution in [-0.2, 0) is 16.1 Å². The molecule has 1 aromatic carbocycles. The quantitative estimate of drug-likeness (QED) is 0.711. The fourth-order valence-electron chi connectivity index (χ4n) is 3.09. The molecule has 0 aliphatic carbocycles. The molecule has 3 rings (SSSR count). The summed E-state index contributed by atoms with van der Waals surface area (Å²) in [5, 5.41) is 9.03. The number of aromatic nitrogens is 2. The summed E-state index contributed by atoms with van der Waals surface area (Å²) in [4.78, 5) is 38.7. The molecule has 1 saturated heterocycles. The van der Waals surface area contributed by atoms with Gasteiger partial charge in [-0.1, -0.05) is 16.6 Å². The van der Waals surface area contributed by atoms with E-state index in [4.69, 9.17) is 0 Å². The molecule has 0 atom stereocenters. The molecular formula is C19H22FN5O3S. The van der Waals surface area contributed by atoms with Crippen molar-refractivity contribution in [2.45, 2.75) is 26.3 Å². The maximum atomic E-state index is 12.9. The van der Waals surface area contributed by atoms with E-state index in [1.165, 1.54) is 12.1 Å². The maximum Gasteiger partial charge on any atom is 0.309 e. The van der Waals surface area contributed by atoms with Gasteiger partial charge in [0.1, 0.15) is 10.7 Å². The van der Waals surface area contributed by atoms with Crippen LogP contribution >= 0.6 is 11.5 Å². The van der Waals surface area contributed by atoms with Gasteiger partial charge >= 0.3 is 11.8 Å². The Morgan fingerprint density at radius 1 is 1.14 bits per heavy atom. The summed E-state index contributed by atoms with van der Waals surface area (Å²) in [5.41, 5.74) is 1.34. The molecule has 0 saturated carbocycles.